The molecular weight excluding hydrogens is 477 g/mol. The van der Waals surface area contributed by atoms with Crippen LogP contribution in [0.15, 0.2) is 66.7 Å². The molecule has 0 aliphatic rings. The van der Waals surface area contributed by atoms with Gasteiger partial charge in [-0.3, -0.25) is 4.68 Å². The van der Waals surface area contributed by atoms with Gasteiger partial charge in [-0.1, -0.05) is 37.3 Å². The summed E-state index contributed by atoms with van der Waals surface area (Å²) in [6.07, 6.45) is 0.770. The molecule has 2 aromatic heterocycles. The first-order valence-electron chi connectivity index (χ1n) is 12.6. The van der Waals surface area contributed by atoms with E-state index in [1.807, 2.05) is 64.5 Å². The molecule has 7 nitrogen and oxygen atoms in total. The minimum Gasteiger partial charge on any atom is -0.399 e. The number of aryl methyl sites for hydroxylation is 2. The molecule has 5 rings (SSSR count). The van der Waals surface area contributed by atoms with Crippen molar-refractivity contribution < 1.29 is 4.39 Å². The van der Waals surface area contributed by atoms with Gasteiger partial charge in [0.05, 0.1) is 11.6 Å². The molecule has 0 aliphatic carbocycles. The van der Waals surface area contributed by atoms with Crippen LogP contribution in [0.2, 0.25) is 0 Å². The molecule has 1 unspecified atom stereocenters. The highest BCUT2D eigenvalue weighted by Gasteiger charge is 2.28. The average molecular weight is 510 g/mol. The average Bonchev–Trinajstić information content (AvgIpc) is 3.26. The Morgan fingerprint density at radius 2 is 1.76 bits per heavy atom. The van der Waals surface area contributed by atoms with Gasteiger partial charge >= 0.3 is 0 Å². The van der Waals surface area contributed by atoms with E-state index in [2.05, 4.69) is 17.0 Å². The highest BCUT2D eigenvalue weighted by Crippen LogP contribution is 2.36. The zero-order valence-corrected chi connectivity index (χ0v) is 22.1. The van der Waals surface area contributed by atoms with Crippen LogP contribution >= 0.6 is 0 Å². The van der Waals surface area contributed by atoms with E-state index >= 15 is 4.39 Å². The summed E-state index contributed by atoms with van der Waals surface area (Å²) in [4.78, 5) is 11.8. The zero-order chi connectivity index (χ0) is 27.0. The quantitative estimate of drug-likeness (QED) is 0.295. The number of aromatic nitrogens is 4. The number of hydrogen-bond acceptors (Lipinski definition) is 6. The molecule has 4 N–H and O–H groups in total. The van der Waals surface area contributed by atoms with Crippen molar-refractivity contribution >= 4 is 22.3 Å². The number of benzene rings is 3. The third-order valence-corrected chi connectivity index (χ3v) is 6.72. The van der Waals surface area contributed by atoms with Gasteiger partial charge < -0.3 is 16.4 Å². The van der Waals surface area contributed by atoms with E-state index in [9.17, 15) is 0 Å². The van der Waals surface area contributed by atoms with Crippen LogP contribution in [0, 0.1) is 5.82 Å². The van der Waals surface area contributed by atoms with Gasteiger partial charge in [0, 0.05) is 35.8 Å². The fraction of sp³-hybridized carbons (Fsp3) is 0.233. The van der Waals surface area contributed by atoms with E-state index in [0.717, 1.165) is 40.4 Å². The number of pyridine rings is 1. The third kappa shape index (κ3) is 4.95. The van der Waals surface area contributed by atoms with Crippen molar-refractivity contribution in [3.05, 3.63) is 101 Å². The number of halogens is 1. The number of rotatable bonds is 7. The predicted octanol–water partition coefficient (Wildman–Crippen LogP) is 5.14. The van der Waals surface area contributed by atoms with Gasteiger partial charge in [0.15, 0.2) is 5.82 Å². The largest absolute Gasteiger partial charge is 0.399 e. The molecule has 0 radical (unpaired) electrons. The Kier molecular flexibility index (Phi) is 6.82. The van der Waals surface area contributed by atoms with Crippen molar-refractivity contribution in [2.75, 3.05) is 25.6 Å². The summed E-state index contributed by atoms with van der Waals surface area (Å²) in [6, 6.07) is 20.8. The number of nitrogens with two attached hydrogens (primary N) is 2. The van der Waals surface area contributed by atoms with E-state index in [4.69, 9.17) is 26.5 Å². The van der Waals surface area contributed by atoms with E-state index < -0.39 is 5.92 Å². The highest BCUT2D eigenvalue weighted by atomic mass is 19.1. The first kappa shape index (κ1) is 25.4. The number of hydrogen-bond donors (Lipinski definition) is 2. The fourth-order valence-electron chi connectivity index (χ4n) is 4.88. The molecule has 0 amide bonds. The van der Waals surface area contributed by atoms with Gasteiger partial charge in [-0.2, -0.15) is 5.10 Å². The Labute approximate surface area is 221 Å². The van der Waals surface area contributed by atoms with Gasteiger partial charge in [-0.05, 0) is 73.4 Å². The molecule has 0 fully saturated rings. The lowest BCUT2D eigenvalue weighted by Gasteiger charge is -2.19. The lowest BCUT2D eigenvalue weighted by molar-refractivity contribution is 0.402. The maximum absolute atomic E-state index is 15.5. The first-order valence-corrected chi connectivity index (χ1v) is 12.6. The summed E-state index contributed by atoms with van der Waals surface area (Å²) in [5, 5.41) is 6.36. The summed E-state index contributed by atoms with van der Waals surface area (Å²) < 4.78 is 17.2. The molecule has 0 aliphatic heterocycles. The van der Waals surface area contributed by atoms with Gasteiger partial charge in [0.1, 0.15) is 17.5 Å². The summed E-state index contributed by atoms with van der Waals surface area (Å²) in [5.41, 5.74) is 17.2. The lowest BCUT2D eigenvalue weighted by atomic mass is 9.91. The second-order valence-electron chi connectivity index (χ2n) is 9.91. The van der Waals surface area contributed by atoms with E-state index in [0.29, 0.717) is 34.4 Å². The van der Waals surface area contributed by atoms with Crippen LogP contribution in [-0.4, -0.2) is 38.7 Å². The van der Waals surface area contributed by atoms with Crippen LogP contribution in [-0.2, 0) is 20.0 Å². The lowest BCUT2D eigenvalue weighted by Crippen LogP contribution is -2.14. The van der Waals surface area contributed by atoms with Crippen molar-refractivity contribution in [2.45, 2.75) is 25.8 Å². The molecule has 0 saturated carbocycles. The minimum atomic E-state index is -0.633. The van der Waals surface area contributed by atoms with Crippen LogP contribution in [0.1, 0.15) is 41.1 Å². The van der Waals surface area contributed by atoms with Crippen LogP contribution in [0.25, 0.3) is 22.2 Å². The van der Waals surface area contributed by atoms with Crippen LogP contribution in [0.4, 0.5) is 15.9 Å². The highest BCUT2D eigenvalue weighted by molar-refractivity contribution is 5.93. The Hall–Kier alpha value is -4.30. The van der Waals surface area contributed by atoms with Crippen molar-refractivity contribution in [2.24, 2.45) is 7.05 Å². The van der Waals surface area contributed by atoms with E-state index in [1.54, 1.807) is 16.8 Å². The molecule has 0 bridgehead atoms. The predicted molar refractivity (Wildman–Crippen MR) is 151 cm³/mol. The second kappa shape index (κ2) is 10.2. The molecule has 38 heavy (non-hydrogen) atoms. The summed E-state index contributed by atoms with van der Waals surface area (Å²) in [5.74, 6) is 0.524. The maximum Gasteiger partial charge on any atom is 0.181 e. The SMILES string of the molecule is CCc1ccc(F)c(C(c2cc3cc(N)ccc3c(N)n2)c2nc(-c3cccc(CN(C)C)c3)nn2C)c1. The topological polar surface area (TPSA) is 98.9 Å². The number of nitrogens with zero attached hydrogens (tertiary/aromatic N) is 5. The number of nitrogen functional groups attached to an aromatic ring is 2. The summed E-state index contributed by atoms with van der Waals surface area (Å²) in [7, 11) is 5.89. The standard InChI is InChI=1S/C30H32FN7/c1-5-18-9-12-25(31)24(14-18)27(26-16-21-15-22(32)10-11-23(21)28(33)34-26)30-35-29(36-38(30)4)20-8-6-7-19(13-20)17-37(2)3/h6-16,27H,5,17,32H2,1-4H3,(H2,33,34). The van der Waals surface area contributed by atoms with Gasteiger partial charge in [0.2, 0.25) is 0 Å². The maximum atomic E-state index is 15.5. The molecular formula is C30H32FN7. The van der Waals surface area contributed by atoms with Crippen molar-refractivity contribution in [1.29, 1.82) is 0 Å². The first-order chi connectivity index (χ1) is 18.2. The summed E-state index contributed by atoms with van der Waals surface area (Å²) in [6.45, 7) is 2.84. The molecule has 1 atom stereocenters. The zero-order valence-electron chi connectivity index (χ0n) is 22.1. The van der Waals surface area contributed by atoms with Gasteiger partial charge in [-0.25, -0.2) is 14.4 Å². The van der Waals surface area contributed by atoms with Gasteiger partial charge in [-0.15, -0.1) is 0 Å². The van der Waals surface area contributed by atoms with Crippen LogP contribution in [0.3, 0.4) is 0 Å². The molecule has 8 heteroatoms. The molecule has 0 saturated heterocycles. The monoisotopic (exact) mass is 509 g/mol. The Bertz CT molecular complexity index is 1620. The fourth-order valence-corrected chi connectivity index (χ4v) is 4.88. The van der Waals surface area contributed by atoms with Crippen LogP contribution < -0.4 is 11.5 Å². The Balaban J connectivity index is 1.71. The summed E-state index contributed by atoms with van der Waals surface area (Å²) >= 11 is 0. The molecule has 3 aromatic carbocycles. The Morgan fingerprint density at radius 1 is 0.947 bits per heavy atom. The number of anilines is 2. The minimum absolute atomic E-state index is 0.335. The van der Waals surface area contributed by atoms with Crippen molar-refractivity contribution in [3.63, 3.8) is 0 Å². The Morgan fingerprint density at radius 3 is 2.53 bits per heavy atom. The van der Waals surface area contributed by atoms with Gasteiger partial charge in [0.25, 0.3) is 0 Å². The normalized spacial score (nSPS) is 12.4. The molecule has 194 valence electrons. The molecule has 0 spiro atoms. The van der Waals surface area contributed by atoms with Crippen molar-refractivity contribution in [3.8, 4) is 11.4 Å². The second-order valence-corrected chi connectivity index (χ2v) is 9.91. The molecule has 2 heterocycles. The van der Waals surface area contributed by atoms with E-state index in [-0.39, 0.29) is 5.82 Å². The molecule has 5 aromatic rings. The van der Waals surface area contributed by atoms with Crippen LogP contribution in [0.5, 0.6) is 0 Å². The smallest absolute Gasteiger partial charge is 0.181 e. The van der Waals surface area contributed by atoms with E-state index in [1.165, 1.54) is 6.07 Å². The van der Waals surface area contributed by atoms with Crippen molar-refractivity contribution in [1.82, 2.24) is 24.6 Å². The number of fused-ring (bicyclic) bond motifs is 1. The third-order valence-electron chi connectivity index (χ3n) is 6.72.